The van der Waals surface area contributed by atoms with Crippen molar-refractivity contribution >= 4 is 34.1 Å². The van der Waals surface area contributed by atoms with E-state index in [1.807, 2.05) is 4.90 Å². The first-order chi connectivity index (χ1) is 12.7. The molecule has 3 aromatic rings. The molecule has 26 heavy (non-hydrogen) atoms. The van der Waals surface area contributed by atoms with Gasteiger partial charge < -0.3 is 4.90 Å². The minimum atomic E-state index is 0.118. The number of thioether (sulfide) groups is 1. The molecule has 3 aromatic carbocycles. The zero-order valence-electron chi connectivity index (χ0n) is 15.2. The second kappa shape index (κ2) is 7.16. The van der Waals surface area contributed by atoms with Gasteiger partial charge in [-0.1, -0.05) is 49.4 Å². The van der Waals surface area contributed by atoms with Gasteiger partial charge in [-0.3, -0.25) is 4.79 Å². The number of carbonyl (C=O) groups excluding carboxylic acids is 1. The van der Waals surface area contributed by atoms with Crippen LogP contribution in [0.15, 0.2) is 65.6 Å². The number of rotatable bonds is 4. The van der Waals surface area contributed by atoms with Crippen LogP contribution in [0.3, 0.4) is 0 Å². The van der Waals surface area contributed by atoms with Crippen LogP contribution in [-0.4, -0.2) is 18.7 Å². The number of amides is 1. The van der Waals surface area contributed by atoms with Crippen LogP contribution < -0.4 is 4.90 Å². The molecule has 0 bridgehead atoms. The Morgan fingerprint density at radius 1 is 1.04 bits per heavy atom. The highest BCUT2D eigenvalue weighted by Crippen LogP contribution is 2.44. The summed E-state index contributed by atoms with van der Waals surface area (Å²) in [5, 5.41) is 2.50. The van der Waals surface area contributed by atoms with Gasteiger partial charge in [0.1, 0.15) is 0 Å². The Hall–Kier alpha value is -2.26. The number of carbonyl (C=O) groups is 1. The summed E-state index contributed by atoms with van der Waals surface area (Å²) in [6, 6.07) is 21.5. The van der Waals surface area contributed by atoms with Crippen molar-refractivity contribution in [1.29, 1.82) is 0 Å². The van der Waals surface area contributed by atoms with Gasteiger partial charge in [0.05, 0.1) is 0 Å². The molecule has 4 rings (SSSR count). The van der Waals surface area contributed by atoms with Gasteiger partial charge in [-0.15, -0.1) is 11.8 Å². The second-order valence-corrected chi connectivity index (χ2v) is 7.67. The molecule has 1 unspecified atom stereocenters. The molecule has 0 aliphatic carbocycles. The van der Waals surface area contributed by atoms with Crippen LogP contribution in [0.1, 0.15) is 36.8 Å². The van der Waals surface area contributed by atoms with Crippen molar-refractivity contribution in [3.63, 3.8) is 0 Å². The smallest absolute Gasteiger partial charge is 0.227 e. The van der Waals surface area contributed by atoms with E-state index in [4.69, 9.17) is 0 Å². The fourth-order valence-corrected chi connectivity index (χ4v) is 4.40. The molecule has 0 radical (unpaired) electrons. The second-order valence-electron chi connectivity index (χ2n) is 6.79. The number of nitrogens with zero attached hydrogens (tertiary/aromatic N) is 1. The summed E-state index contributed by atoms with van der Waals surface area (Å²) in [6.07, 6.45) is 3.59. The van der Waals surface area contributed by atoms with E-state index >= 15 is 0 Å². The number of hydrogen-bond acceptors (Lipinski definition) is 2. The first kappa shape index (κ1) is 17.2. The Bertz CT molecular complexity index is 948. The van der Waals surface area contributed by atoms with E-state index in [0.717, 1.165) is 18.7 Å². The lowest BCUT2D eigenvalue weighted by atomic mass is 9.81. The maximum absolute atomic E-state index is 12.9. The Balaban J connectivity index is 1.92. The minimum Gasteiger partial charge on any atom is -0.312 e. The average Bonchev–Trinajstić information content (AvgIpc) is 2.69. The highest BCUT2D eigenvalue weighted by atomic mass is 32.2. The topological polar surface area (TPSA) is 20.3 Å². The summed E-state index contributed by atoms with van der Waals surface area (Å²) in [7, 11) is 0. The summed E-state index contributed by atoms with van der Waals surface area (Å²) in [5.41, 5.74) is 3.61. The lowest BCUT2D eigenvalue weighted by Crippen LogP contribution is -2.37. The Morgan fingerprint density at radius 3 is 2.54 bits per heavy atom. The molecule has 0 saturated carbocycles. The molecule has 1 atom stereocenters. The first-order valence-corrected chi connectivity index (χ1v) is 10.4. The van der Waals surface area contributed by atoms with Crippen LogP contribution in [0, 0.1) is 0 Å². The molecule has 1 heterocycles. The normalized spacial score (nSPS) is 16.8. The molecule has 0 N–H and O–H groups in total. The van der Waals surface area contributed by atoms with Crippen LogP contribution in [0.2, 0.25) is 0 Å². The lowest BCUT2D eigenvalue weighted by molar-refractivity contribution is -0.119. The van der Waals surface area contributed by atoms with Crippen molar-refractivity contribution in [2.45, 2.75) is 30.6 Å². The van der Waals surface area contributed by atoms with Crippen molar-refractivity contribution < 1.29 is 4.79 Å². The number of benzene rings is 3. The zero-order valence-corrected chi connectivity index (χ0v) is 16.1. The van der Waals surface area contributed by atoms with E-state index in [-0.39, 0.29) is 11.8 Å². The molecule has 0 saturated heterocycles. The Kier molecular flexibility index (Phi) is 4.73. The fourth-order valence-electron chi connectivity index (χ4n) is 4.00. The molecule has 1 aliphatic rings. The average molecular weight is 362 g/mol. The quantitative estimate of drug-likeness (QED) is 0.544. The van der Waals surface area contributed by atoms with E-state index < -0.39 is 0 Å². The zero-order chi connectivity index (χ0) is 18.1. The molecule has 0 spiro atoms. The van der Waals surface area contributed by atoms with Crippen molar-refractivity contribution in [1.82, 2.24) is 0 Å². The van der Waals surface area contributed by atoms with E-state index in [0.29, 0.717) is 6.42 Å². The maximum atomic E-state index is 12.9. The number of fused-ring (bicyclic) bond motifs is 3. The molecular weight excluding hydrogens is 338 g/mol. The van der Waals surface area contributed by atoms with E-state index in [1.54, 1.807) is 11.8 Å². The van der Waals surface area contributed by atoms with Gasteiger partial charge >= 0.3 is 0 Å². The fraction of sp³-hybridized carbons (Fsp3) is 0.261. The van der Waals surface area contributed by atoms with Crippen molar-refractivity contribution in [2.75, 3.05) is 17.7 Å². The van der Waals surface area contributed by atoms with Crippen LogP contribution in [-0.2, 0) is 4.79 Å². The molecule has 2 nitrogen and oxygen atoms in total. The SMILES string of the molecule is CCCN1C(=O)CC(c2ccc(SC)cc2)c2c1ccc1ccccc21. The van der Waals surface area contributed by atoms with Gasteiger partial charge in [-0.25, -0.2) is 0 Å². The summed E-state index contributed by atoms with van der Waals surface area (Å²) in [5.74, 6) is 0.348. The van der Waals surface area contributed by atoms with Gasteiger partial charge in [0.2, 0.25) is 5.91 Å². The molecular formula is C23H23NOS. The summed E-state index contributed by atoms with van der Waals surface area (Å²) < 4.78 is 0. The Morgan fingerprint density at radius 2 is 1.81 bits per heavy atom. The summed E-state index contributed by atoms with van der Waals surface area (Å²) >= 11 is 1.74. The molecule has 132 valence electrons. The van der Waals surface area contributed by atoms with Gasteiger partial charge in [0, 0.05) is 29.5 Å². The maximum Gasteiger partial charge on any atom is 0.227 e. The third-order valence-corrected chi connectivity index (χ3v) is 5.98. The highest BCUT2D eigenvalue weighted by molar-refractivity contribution is 7.98. The van der Waals surface area contributed by atoms with Gasteiger partial charge in [0.15, 0.2) is 0 Å². The molecule has 1 aliphatic heterocycles. The number of hydrogen-bond donors (Lipinski definition) is 0. The predicted molar refractivity (Wildman–Crippen MR) is 111 cm³/mol. The van der Waals surface area contributed by atoms with Gasteiger partial charge in [-0.2, -0.15) is 0 Å². The summed E-state index contributed by atoms with van der Waals surface area (Å²) in [4.78, 5) is 16.1. The number of anilines is 1. The molecule has 1 amide bonds. The predicted octanol–water partition coefficient (Wildman–Crippen LogP) is 5.84. The Labute approximate surface area is 159 Å². The third-order valence-electron chi connectivity index (χ3n) is 5.23. The van der Waals surface area contributed by atoms with E-state index in [9.17, 15) is 4.79 Å². The lowest BCUT2D eigenvalue weighted by Gasteiger charge is -2.35. The van der Waals surface area contributed by atoms with E-state index in [1.165, 1.54) is 26.8 Å². The molecule has 0 aromatic heterocycles. The third kappa shape index (κ3) is 2.90. The monoisotopic (exact) mass is 361 g/mol. The van der Waals surface area contributed by atoms with E-state index in [2.05, 4.69) is 73.8 Å². The highest BCUT2D eigenvalue weighted by Gasteiger charge is 2.33. The van der Waals surface area contributed by atoms with Crippen LogP contribution in [0.25, 0.3) is 10.8 Å². The summed E-state index contributed by atoms with van der Waals surface area (Å²) in [6.45, 7) is 2.91. The minimum absolute atomic E-state index is 0.118. The van der Waals surface area contributed by atoms with Crippen LogP contribution in [0.4, 0.5) is 5.69 Å². The van der Waals surface area contributed by atoms with Crippen molar-refractivity contribution in [3.05, 3.63) is 71.8 Å². The largest absolute Gasteiger partial charge is 0.312 e. The van der Waals surface area contributed by atoms with Crippen molar-refractivity contribution in [2.24, 2.45) is 0 Å². The van der Waals surface area contributed by atoms with Gasteiger partial charge in [-0.05, 0) is 52.8 Å². The molecule has 0 fully saturated rings. The standard InChI is InChI=1S/C23H23NOS/c1-3-14-24-21-13-10-16-6-4-5-7-19(16)23(21)20(15-22(24)25)17-8-11-18(26-2)12-9-17/h4-13,20H,3,14-15H2,1-2H3. The van der Waals surface area contributed by atoms with Gasteiger partial charge in [0.25, 0.3) is 0 Å². The van der Waals surface area contributed by atoms with Crippen molar-refractivity contribution in [3.8, 4) is 0 Å². The van der Waals surface area contributed by atoms with Crippen LogP contribution >= 0.6 is 11.8 Å². The first-order valence-electron chi connectivity index (χ1n) is 9.19. The molecule has 3 heteroatoms. The van der Waals surface area contributed by atoms with Crippen LogP contribution in [0.5, 0.6) is 0 Å².